The van der Waals surface area contributed by atoms with Crippen LogP contribution in [0, 0.1) is 0 Å². The molecule has 2 aliphatic rings. The molecule has 1 amide bonds. The van der Waals surface area contributed by atoms with Crippen molar-refractivity contribution in [3.05, 3.63) is 29.3 Å². The molecular formula is C17H24ClN3O2. The van der Waals surface area contributed by atoms with Gasteiger partial charge in [0.05, 0.1) is 13.2 Å². The van der Waals surface area contributed by atoms with Crippen molar-refractivity contribution < 1.29 is 9.53 Å². The number of benzene rings is 1. The van der Waals surface area contributed by atoms with Crippen LogP contribution in [0.1, 0.15) is 6.42 Å². The standard InChI is InChI=1S/C17H24ClN3O2/c18-15-2-1-3-16(14-15)20-6-8-21(9-7-20)17(22)4-5-19-10-12-23-13-11-19/h1-3,14H,4-13H2. The summed E-state index contributed by atoms with van der Waals surface area (Å²) in [6.07, 6.45) is 0.608. The number of anilines is 1. The van der Waals surface area contributed by atoms with Crippen LogP contribution >= 0.6 is 11.6 Å². The first-order valence-electron chi connectivity index (χ1n) is 8.31. The van der Waals surface area contributed by atoms with Crippen LogP contribution in [0.2, 0.25) is 5.02 Å². The van der Waals surface area contributed by atoms with Crippen molar-refractivity contribution in [3.8, 4) is 0 Å². The lowest BCUT2D eigenvalue weighted by atomic mass is 10.2. The first-order chi connectivity index (χ1) is 11.2. The molecule has 2 saturated heterocycles. The van der Waals surface area contributed by atoms with Gasteiger partial charge in [-0.15, -0.1) is 0 Å². The summed E-state index contributed by atoms with van der Waals surface area (Å²) in [5.74, 6) is 0.266. The summed E-state index contributed by atoms with van der Waals surface area (Å²) in [5, 5.41) is 0.756. The molecule has 2 heterocycles. The number of halogens is 1. The maximum Gasteiger partial charge on any atom is 0.223 e. The summed E-state index contributed by atoms with van der Waals surface area (Å²) in [6.45, 7) is 7.59. The Morgan fingerprint density at radius 1 is 1.09 bits per heavy atom. The SMILES string of the molecule is O=C(CCN1CCOCC1)N1CCN(c2cccc(Cl)c2)CC1. The molecule has 2 fully saturated rings. The van der Waals surface area contributed by atoms with E-state index in [4.69, 9.17) is 16.3 Å². The highest BCUT2D eigenvalue weighted by Gasteiger charge is 2.22. The third kappa shape index (κ3) is 4.59. The van der Waals surface area contributed by atoms with Crippen molar-refractivity contribution in [1.82, 2.24) is 9.80 Å². The zero-order valence-electron chi connectivity index (χ0n) is 13.4. The van der Waals surface area contributed by atoms with E-state index in [1.54, 1.807) is 0 Å². The molecule has 0 bridgehead atoms. The summed E-state index contributed by atoms with van der Waals surface area (Å²) >= 11 is 6.05. The average molecular weight is 338 g/mol. The second-order valence-electron chi connectivity index (χ2n) is 6.05. The van der Waals surface area contributed by atoms with Gasteiger partial charge >= 0.3 is 0 Å². The van der Waals surface area contributed by atoms with Crippen LogP contribution in [0.15, 0.2) is 24.3 Å². The smallest absolute Gasteiger partial charge is 0.223 e. The van der Waals surface area contributed by atoms with Crippen LogP contribution in [0.25, 0.3) is 0 Å². The highest BCUT2D eigenvalue weighted by molar-refractivity contribution is 6.30. The van der Waals surface area contributed by atoms with Crippen molar-refractivity contribution in [2.75, 3.05) is 63.9 Å². The third-order valence-electron chi connectivity index (χ3n) is 4.55. The van der Waals surface area contributed by atoms with Crippen molar-refractivity contribution in [3.63, 3.8) is 0 Å². The molecule has 23 heavy (non-hydrogen) atoms. The summed E-state index contributed by atoms with van der Waals surface area (Å²) < 4.78 is 5.33. The number of nitrogens with zero attached hydrogens (tertiary/aromatic N) is 3. The fourth-order valence-electron chi connectivity index (χ4n) is 3.12. The molecule has 0 aliphatic carbocycles. The normalized spacial score (nSPS) is 19.9. The van der Waals surface area contributed by atoms with Gasteiger partial charge in [0.25, 0.3) is 0 Å². The molecule has 0 unspecified atom stereocenters. The van der Waals surface area contributed by atoms with Crippen LogP contribution in [-0.2, 0) is 9.53 Å². The Balaban J connectivity index is 1.43. The van der Waals surface area contributed by atoms with Gasteiger partial charge in [0.15, 0.2) is 0 Å². The number of ether oxygens (including phenoxy) is 1. The lowest BCUT2D eigenvalue weighted by Crippen LogP contribution is -2.49. The Morgan fingerprint density at radius 2 is 1.83 bits per heavy atom. The van der Waals surface area contributed by atoms with E-state index in [-0.39, 0.29) is 5.91 Å². The van der Waals surface area contributed by atoms with E-state index in [1.807, 2.05) is 23.1 Å². The maximum atomic E-state index is 12.4. The van der Waals surface area contributed by atoms with E-state index in [2.05, 4.69) is 15.9 Å². The maximum absolute atomic E-state index is 12.4. The van der Waals surface area contributed by atoms with Crippen LogP contribution < -0.4 is 4.90 Å². The Labute approximate surface area is 142 Å². The highest BCUT2D eigenvalue weighted by Crippen LogP contribution is 2.20. The molecule has 0 spiro atoms. The quantitative estimate of drug-likeness (QED) is 0.838. The van der Waals surface area contributed by atoms with E-state index in [0.717, 1.165) is 69.7 Å². The molecule has 0 atom stereocenters. The van der Waals surface area contributed by atoms with Gasteiger partial charge in [-0.2, -0.15) is 0 Å². The minimum Gasteiger partial charge on any atom is -0.379 e. The largest absolute Gasteiger partial charge is 0.379 e. The van der Waals surface area contributed by atoms with Gasteiger partial charge in [-0.05, 0) is 18.2 Å². The zero-order chi connectivity index (χ0) is 16.1. The summed E-state index contributed by atoms with van der Waals surface area (Å²) in [6, 6.07) is 7.91. The number of hydrogen-bond acceptors (Lipinski definition) is 4. The van der Waals surface area contributed by atoms with E-state index in [0.29, 0.717) is 6.42 Å². The number of piperazine rings is 1. The summed E-state index contributed by atoms with van der Waals surface area (Å²) in [7, 11) is 0. The molecule has 3 rings (SSSR count). The van der Waals surface area contributed by atoms with Gasteiger partial charge in [-0.1, -0.05) is 17.7 Å². The molecule has 0 aromatic heterocycles. The van der Waals surface area contributed by atoms with Crippen LogP contribution in [0.3, 0.4) is 0 Å². The fraction of sp³-hybridized carbons (Fsp3) is 0.588. The van der Waals surface area contributed by atoms with Gasteiger partial charge in [0.2, 0.25) is 5.91 Å². The number of rotatable bonds is 4. The molecule has 6 heteroatoms. The predicted molar refractivity (Wildman–Crippen MR) is 92.1 cm³/mol. The number of carbonyl (C=O) groups is 1. The molecule has 0 N–H and O–H groups in total. The molecule has 126 valence electrons. The van der Waals surface area contributed by atoms with E-state index < -0.39 is 0 Å². The van der Waals surface area contributed by atoms with Crippen LogP contribution in [0.5, 0.6) is 0 Å². The second-order valence-corrected chi connectivity index (χ2v) is 6.49. The molecular weight excluding hydrogens is 314 g/mol. The number of carbonyl (C=O) groups excluding carboxylic acids is 1. The van der Waals surface area contributed by atoms with Gasteiger partial charge in [-0.3, -0.25) is 9.69 Å². The fourth-order valence-corrected chi connectivity index (χ4v) is 3.31. The van der Waals surface area contributed by atoms with Gasteiger partial charge in [0, 0.05) is 62.9 Å². The first-order valence-corrected chi connectivity index (χ1v) is 8.68. The van der Waals surface area contributed by atoms with Crippen LogP contribution in [0.4, 0.5) is 5.69 Å². The summed E-state index contributed by atoms with van der Waals surface area (Å²) in [5.41, 5.74) is 1.14. The number of morpholine rings is 1. The Bertz CT molecular complexity index is 526. The van der Waals surface area contributed by atoms with Crippen molar-refractivity contribution in [2.45, 2.75) is 6.42 Å². The van der Waals surface area contributed by atoms with Crippen molar-refractivity contribution >= 4 is 23.2 Å². The average Bonchev–Trinajstić information content (AvgIpc) is 2.61. The molecule has 0 radical (unpaired) electrons. The Morgan fingerprint density at radius 3 is 2.52 bits per heavy atom. The van der Waals surface area contributed by atoms with E-state index in [9.17, 15) is 4.79 Å². The lowest BCUT2D eigenvalue weighted by Gasteiger charge is -2.36. The zero-order valence-corrected chi connectivity index (χ0v) is 14.2. The predicted octanol–water partition coefficient (Wildman–Crippen LogP) is 1.71. The lowest BCUT2D eigenvalue weighted by molar-refractivity contribution is -0.132. The molecule has 0 saturated carbocycles. The van der Waals surface area contributed by atoms with Gasteiger partial charge in [0.1, 0.15) is 0 Å². The molecule has 5 nitrogen and oxygen atoms in total. The minimum atomic E-state index is 0.266. The third-order valence-corrected chi connectivity index (χ3v) is 4.79. The van der Waals surface area contributed by atoms with E-state index >= 15 is 0 Å². The highest BCUT2D eigenvalue weighted by atomic mass is 35.5. The van der Waals surface area contributed by atoms with Crippen molar-refractivity contribution in [2.24, 2.45) is 0 Å². The second kappa shape index (κ2) is 7.99. The number of hydrogen-bond donors (Lipinski definition) is 0. The minimum absolute atomic E-state index is 0.266. The molecule has 2 aliphatic heterocycles. The van der Waals surface area contributed by atoms with Gasteiger partial charge in [-0.25, -0.2) is 0 Å². The first kappa shape index (κ1) is 16.6. The topological polar surface area (TPSA) is 36.0 Å². The molecule has 1 aromatic carbocycles. The Kier molecular flexibility index (Phi) is 5.75. The number of amides is 1. The summed E-state index contributed by atoms with van der Waals surface area (Å²) in [4.78, 5) is 19.0. The van der Waals surface area contributed by atoms with Crippen molar-refractivity contribution in [1.29, 1.82) is 0 Å². The van der Waals surface area contributed by atoms with Crippen LogP contribution in [-0.4, -0.2) is 74.7 Å². The Hall–Kier alpha value is -1.30. The van der Waals surface area contributed by atoms with E-state index in [1.165, 1.54) is 0 Å². The van der Waals surface area contributed by atoms with Gasteiger partial charge < -0.3 is 14.5 Å². The molecule has 1 aromatic rings. The monoisotopic (exact) mass is 337 g/mol.